The molecule has 326 valence electrons. The number of pyridine rings is 1. The van der Waals surface area contributed by atoms with Crippen LogP contribution in [0.4, 0.5) is 4.79 Å². The molecule has 5 heterocycles. The Kier molecular flexibility index (Phi) is 11.9. The van der Waals surface area contributed by atoms with Crippen LogP contribution in [0, 0.1) is 11.8 Å². The van der Waals surface area contributed by atoms with Crippen molar-refractivity contribution in [1.29, 1.82) is 0 Å². The number of urea groups is 1. The van der Waals surface area contributed by atoms with Crippen LogP contribution in [0.15, 0.2) is 30.9 Å². The normalized spacial score (nSPS) is 29.1. The number of hydrogen-bond acceptors (Lipinski definition) is 11. The predicted octanol–water partition coefficient (Wildman–Crippen LogP) is 3.70. The molecule has 0 radical (unpaired) electrons. The van der Waals surface area contributed by atoms with E-state index in [0.717, 1.165) is 50.5 Å². The van der Waals surface area contributed by atoms with Crippen LogP contribution in [0.2, 0.25) is 0 Å². The highest BCUT2D eigenvalue weighted by atomic mass is 32.2. The van der Waals surface area contributed by atoms with Gasteiger partial charge in [0.25, 0.3) is 5.91 Å². The minimum absolute atomic E-state index is 0.0126. The van der Waals surface area contributed by atoms with E-state index in [4.69, 9.17) is 23.9 Å². The lowest BCUT2D eigenvalue weighted by Crippen LogP contribution is -2.63. The minimum Gasteiger partial charge on any atom is -0.496 e. The molecule has 6 bridgehead atoms. The number of benzene rings is 1. The van der Waals surface area contributed by atoms with Crippen LogP contribution in [0.5, 0.6) is 17.4 Å². The molecule has 2 N–H and O–H groups in total. The zero-order chi connectivity index (χ0) is 42.3. The van der Waals surface area contributed by atoms with E-state index >= 15 is 4.79 Å². The Morgan fingerprint density at radius 1 is 1.03 bits per heavy atom. The van der Waals surface area contributed by atoms with Crippen molar-refractivity contribution in [2.45, 2.75) is 119 Å². The van der Waals surface area contributed by atoms with E-state index in [9.17, 15) is 22.8 Å². The third-order valence-electron chi connectivity index (χ3n) is 13.2. The number of fused-ring (bicyclic) bond motifs is 7. The number of methoxy groups -OCH3 is 1. The monoisotopic (exact) mass is 850 g/mol. The summed E-state index contributed by atoms with van der Waals surface area (Å²) in [6.45, 7) is 7.45. The first-order valence-electron chi connectivity index (χ1n) is 21.6. The number of nitrogens with one attached hydrogen (secondary N) is 2. The van der Waals surface area contributed by atoms with Gasteiger partial charge in [-0.1, -0.05) is 25.3 Å². The smallest absolute Gasteiger partial charge is 0.320 e. The van der Waals surface area contributed by atoms with Crippen LogP contribution < -0.4 is 24.2 Å². The second-order valence-electron chi connectivity index (χ2n) is 17.3. The van der Waals surface area contributed by atoms with Gasteiger partial charge in [0.15, 0.2) is 0 Å². The van der Waals surface area contributed by atoms with Gasteiger partial charge in [-0.25, -0.2) is 18.2 Å². The summed E-state index contributed by atoms with van der Waals surface area (Å²) in [4.78, 5) is 67.3. The fourth-order valence-corrected chi connectivity index (χ4v) is 10.9. The van der Waals surface area contributed by atoms with E-state index in [1.165, 1.54) is 11.0 Å². The van der Waals surface area contributed by atoms with Crippen LogP contribution in [-0.2, 0) is 35.6 Å². The number of carbonyl (C=O) groups is 4. The summed E-state index contributed by atoms with van der Waals surface area (Å²) in [6, 6.07) is 3.36. The van der Waals surface area contributed by atoms with E-state index in [2.05, 4.69) is 16.6 Å². The van der Waals surface area contributed by atoms with Crippen molar-refractivity contribution in [3.05, 3.63) is 36.4 Å². The molecule has 2 saturated heterocycles. The Labute approximate surface area is 351 Å². The Morgan fingerprint density at radius 2 is 1.80 bits per heavy atom. The summed E-state index contributed by atoms with van der Waals surface area (Å²) in [7, 11) is -0.620. The van der Waals surface area contributed by atoms with Gasteiger partial charge in [-0.05, 0) is 75.8 Å². The van der Waals surface area contributed by atoms with Crippen molar-refractivity contribution in [2.24, 2.45) is 11.8 Å². The molecule has 9 rings (SSSR count). The minimum atomic E-state index is -3.91. The van der Waals surface area contributed by atoms with Gasteiger partial charge in [0, 0.05) is 43.5 Å². The maximum atomic E-state index is 15.3. The Balaban J connectivity index is 1.17. The van der Waals surface area contributed by atoms with Gasteiger partial charge in [0.05, 0.1) is 50.2 Å². The molecule has 17 heteroatoms. The highest BCUT2D eigenvalue weighted by Crippen LogP contribution is 2.46. The molecular formula is C43H58N6O10S. The van der Waals surface area contributed by atoms with E-state index in [0.29, 0.717) is 73.8 Å². The van der Waals surface area contributed by atoms with Crippen molar-refractivity contribution in [2.75, 3.05) is 47.0 Å². The van der Waals surface area contributed by atoms with Crippen molar-refractivity contribution in [1.82, 2.24) is 29.7 Å². The number of carbonyl (C=O) groups excluding carboxylic acids is 4. The average molecular weight is 851 g/mol. The van der Waals surface area contributed by atoms with Gasteiger partial charge < -0.3 is 39.0 Å². The van der Waals surface area contributed by atoms with Crippen LogP contribution >= 0.6 is 0 Å². The van der Waals surface area contributed by atoms with E-state index in [1.54, 1.807) is 30.0 Å². The van der Waals surface area contributed by atoms with Gasteiger partial charge in [0.2, 0.25) is 27.7 Å². The molecule has 1 aromatic heterocycles. The molecule has 4 aliphatic heterocycles. The maximum absolute atomic E-state index is 15.3. The number of aromatic nitrogens is 1. The van der Waals surface area contributed by atoms with Gasteiger partial charge >= 0.3 is 6.03 Å². The molecule has 5 amide bonds. The SMILES string of the molecule is C=CC1C[C@]1(NC(=O)[C@@H]1C[C@@H]2CN1C(=O)[C@H](C1CCCCC1)N(C)C(=O)N1CC(C1)OCCCCc1cc3c(cc(OCC)nc3cc1OC)O2)C(=O)NS(=O)(=O)C1CC1. The molecule has 7 aliphatic rings. The van der Waals surface area contributed by atoms with Crippen LogP contribution in [0.1, 0.15) is 83.1 Å². The Bertz CT molecular complexity index is 2120. The average Bonchev–Trinajstić information content (AvgIpc) is 4.15. The summed E-state index contributed by atoms with van der Waals surface area (Å²) in [5.41, 5.74) is 0.00276. The number of amides is 5. The second-order valence-corrected chi connectivity index (χ2v) is 19.3. The summed E-state index contributed by atoms with van der Waals surface area (Å²) in [5.74, 6) is -0.984. The number of aryl methyl sites for hydroxylation is 1. The zero-order valence-electron chi connectivity index (χ0n) is 34.9. The second kappa shape index (κ2) is 17.0. The number of ether oxygens (including phenoxy) is 4. The number of nitrogens with zero attached hydrogens (tertiary/aromatic N) is 4. The first-order chi connectivity index (χ1) is 28.8. The first-order valence-corrected chi connectivity index (χ1v) is 23.2. The molecule has 16 nitrogen and oxygen atoms in total. The Morgan fingerprint density at radius 3 is 2.48 bits per heavy atom. The topological polar surface area (TPSA) is 186 Å². The molecular weight excluding hydrogens is 793 g/mol. The fraction of sp³-hybridized carbons (Fsp3) is 0.651. The van der Waals surface area contributed by atoms with Gasteiger partial charge in [-0.15, -0.1) is 6.58 Å². The van der Waals surface area contributed by atoms with E-state index < -0.39 is 56.7 Å². The molecule has 3 aliphatic carbocycles. The standard InChI is InChI=1S/C43H58N6O10S/c1-5-28-22-43(28,41(52)46-60(54,55)31-15-16-31)45-39(50)34-19-29-25-49(34)40(51)38(26-12-8-7-9-13-26)47(3)42(53)48-23-30(24-48)58-17-11-10-14-27-18-32-33(20-35(27)56-4)44-37(57-6-2)21-36(32)59-29/h5,18,20-21,26,28-31,34,38H,1,6-17,19,22-25H2,2-4H3,(H,45,50)(H,46,52)/t28?,29-,34+,38+,43-/m1/s1. The lowest BCUT2D eigenvalue weighted by molar-refractivity contribution is -0.144. The molecule has 60 heavy (non-hydrogen) atoms. The summed E-state index contributed by atoms with van der Waals surface area (Å²) in [5, 5.41) is 2.97. The maximum Gasteiger partial charge on any atom is 0.320 e. The third kappa shape index (κ3) is 8.35. The van der Waals surface area contributed by atoms with E-state index in [1.807, 2.05) is 19.1 Å². The molecule has 5 atom stereocenters. The predicted molar refractivity (Wildman–Crippen MR) is 221 cm³/mol. The number of sulfonamides is 1. The largest absolute Gasteiger partial charge is 0.496 e. The highest BCUT2D eigenvalue weighted by Gasteiger charge is 2.62. The summed E-state index contributed by atoms with van der Waals surface area (Å²) < 4.78 is 52.6. The van der Waals surface area contributed by atoms with Crippen molar-refractivity contribution >= 4 is 44.7 Å². The van der Waals surface area contributed by atoms with E-state index in [-0.39, 0.29) is 43.3 Å². The molecule has 1 aromatic carbocycles. The first kappa shape index (κ1) is 42.1. The number of likely N-dealkylation sites (N-methyl/N-ethyl adjacent to an activating group) is 1. The summed E-state index contributed by atoms with van der Waals surface area (Å²) in [6.07, 6.45) is 8.60. The number of hydrogen-bond donors (Lipinski definition) is 2. The molecule has 2 aromatic rings. The Hall–Kier alpha value is -4.64. The van der Waals surface area contributed by atoms with Crippen molar-refractivity contribution in [3.8, 4) is 17.4 Å². The lowest BCUT2D eigenvalue weighted by Gasteiger charge is -2.44. The van der Waals surface area contributed by atoms with Crippen LogP contribution in [0.3, 0.4) is 0 Å². The van der Waals surface area contributed by atoms with Gasteiger partial charge in [0.1, 0.15) is 35.2 Å². The quantitative estimate of drug-likeness (QED) is 0.332. The zero-order valence-corrected chi connectivity index (χ0v) is 35.7. The number of rotatable bonds is 10. The third-order valence-corrected chi connectivity index (χ3v) is 15.0. The van der Waals surface area contributed by atoms with Crippen molar-refractivity contribution < 1.29 is 46.5 Å². The molecule has 0 spiro atoms. The summed E-state index contributed by atoms with van der Waals surface area (Å²) >= 11 is 0. The lowest BCUT2D eigenvalue weighted by atomic mass is 9.82. The molecule has 5 fully saturated rings. The van der Waals surface area contributed by atoms with Crippen LogP contribution in [0.25, 0.3) is 10.9 Å². The molecule has 3 saturated carbocycles. The fourth-order valence-electron chi connectivity index (χ4n) is 9.54. The van der Waals surface area contributed by atoms with Gasteiger partial charge in [-0.2, -0.15) is 0 Å². The van der Waals surface area contributed by atoms with Gasteiger partial charge in [-0.3, -0.25) is 19.1 Å². The van der Waals surface area contributed by atoms with Crippen molar-refractivity contribution in [3.63, 3.8) is 0 Å². The highest BCUT2D eigenvalue weighted by molar-refractivity contribution is 7.91. The van der Waals surface area contributed by atoms with Crippen LogP contribution in [-0.4, -0.2) is 134 Å². The molecule has 1 unspecified atom stereocenters.